The molecule has 0 aromatic carbocycles. The van der Waals surface area contributed by atoms with Crippen LogP contribution in [-0.4, -0.2) is 5.78 Å². The van der Waals surface area contributed by atoms with Gasteiger partial charge < -0.3 is 9.84 Å². The van der Waals surface area contributed by atoms with Crippen LogP contribution in [0.25, 0.3) is 6.08 Å². The minimum Gasteiger partial charge on any atom is -0.871 e. The Balaban J connectivity index is 1.88. The summed E-state index contributed by atoms with van der Waals surface area (Å²) in [6.07, 6.45) is 19.4. The third-order valence-corrected chi connectivity index (χ3v) is 6.54. The van der Waals surface area contributed by atoms with Crippen LogP contribution in [0.4, 0.5) is 0 Å². The van der Waals surface area contributed by atoms with Crippen molar-refractivity contribution in [3.05, 3.63) is 81.4 Å². The lowest BCUT2D eigenvalue weighted by Crippen LogP contribution is -2.29. The molecule has 0 saturated carbocycles. The number of Topliss-reactive ketones (excluding diaryl/α,β-unsaturated/α-hetero) is 1. The average Bonchev–Trinajstić information content (AvgIpc) is 2.89. The van der Waals surface area contributed by atoms with Crippen molar-refractivity contribution < 1.29 is 19.1 Å². The molecule has 0 amide bonds. The molecule has 0 spiro atoms. The summed E-state index contributed by atoms with van der Waals surface area (Å²) >= 11 is 0. The van der Waals surface area contributed by atoms with Gasteiger partial charge in [-0.15, -0.1) is 0 Å². The van der Waals surface area contributed by atoms with Crippen molar-refractivity contribution in [1.29, 1.82) is 0 Å². The number of ketones is 1. The molecule has 3 rings (SSSR count). The fourth-order valence-corrected chi connectivity index (χ4v) is 4.37. The van der Waals surface area contributed by atoms with Gasteiger partial charge >= 0.3 is 11.5 Å². The zero-order chi connectivity index (χ0) is 25.9. The molecule has 1 aliphatic heterocycles. The van der Waals surface area contributed by atoms with E-state index in [-0.39, 0.29) is 22.7 Å². The van der Waals surface area contributed by atoms with E-state index >= 15 is 0 Å². The molecule has 194 valence electrons. The summed E-state index contributed by atoms with van der Waals surface area (Å²) in [6, 6.07) is 3.94. The van der Waals surface area contributed by atoms with Crippen molar-refractivity contribution in [2.24, 2.45) is 0 Å². The lowest BCUT2D eigenvalue weighted by atomic mass is 9.85. The number of rotatable bonds is 14. The number of hydrogen-bond donors (Lipinski definition) is 0. The maximum Gasteiger partial charge on any atom is 0.330 e. The molecule has 0 saturated heterocycles. The SMILES string of the molecule is CCCCC1=CC(=CC2=C([O-])C(=Cc3cc(CCCC)[o+]c(CCCC)c3)C2=O)C=C(CCCC)O1. The van der Waals surface area contributed by atoms with Crippen LogP contribution in [0.2, 0.25) is 0 Å². The van der Waals surface area contributed by atoms with Gasteiger partial charge in [-0.05, 0) is 61.1 Å². The van der Waals surface area contributed by atoms with E-state index < -0.39 is 0 Å². The normalized spacial score (nSPS) is 16.6. The second-order valence-electron chi connectivity index (χ2n) is 9.84. The second-order valence-corrected chi connectivity index (χ2v) is 9.84. The van der Waals surface area contributed by atoms with Gasteiger partial charge in [0.25, 0.3) is 0 Å². The van der Waals surface area contributed by atoms with Crippen LogP contribution in [0, 0.1) is 0 Å². The zero-order valence-corrected chi connectivity index (χ0v) is 22.6. The van der Waals surface area contributed by atoms with Gasteiger partial charge in [-0.25, -0.2) is 4.42 Å². The fraction of sp³-hybridized carbons (Fsp3) is 0.500. The first-order chi connectivity index (χ1) is 17.5. The molecule has 0 radical (unpaired) electrons. The predicted octanol–water partition coefficient (Wildman–Crippen LogP) is 7.93. The lowest BCUT2D eigenvalue weighted by Gasteiger charge is -2.29. The first-order valence-corrected chi connectivity index (χ1v) is 13.9. The van der Waals surface area contributed by atoms with Crippen molar-refractivity contribution in [3.63, 3.8) is 0 Å². The molecule has 1 aromatic heterocycles. The lowest BCUT2D eigenvalue weighted by molar-refractivity contribution is -0.300. The molecule has 0 fully saturated rings. The molecular weight excluding hydrogens is 448 g/mol. The number of carbonyl (C=O) groups is 1. The van der Waals surface area contributed by atoms with Crippen LogP contribution < -0.4 is 5.11 Å². The van der Waals surface area contributed by atoms with Crippen molar-refractivity contribution >= 4 is 11.9 Å². The van der Waals surface area contributed by atoms with E-state index in [4.69, 9.17) is 9.15 Å². The standard InChI is InChI=1S/C32H42O4/c1-5-9-13-25-17-23(18-26(35-25)14-10-6-2)21-29-31(33)30(32(29)34)22-24-19-27(15-11-7-3)36-28(20-24)16-12-8-4/h17-22H,5-16H2,1-4H3. The smallest absolute Gasteiger partial charge is 0.330 e. The molecular formula is C32H42O4. The Kier molecular flexibility index (Phi) is 10.8. The highest BCUT2D eigenvalue weighted by Gasteiger charge is 2.27. The van der Waals surface area contributed by atoms with Crippen molar-refractivity contribution in [3.8, 4) is 0 Å². The Bertz CT molecular complexity index is 1030. The Morgan fingerprint density at radius 2 is 1.28 bits per heavy atom. The summed E-state index contributed by atoms with van der Waals surface area (Å²) in [5, 5.41) is 13.0. The van der Waals surface area contributed by atoms with Gasteiger partial charge in [0.15, 0.2) is 5.78 Å². The van der Waals surface area contributed by atoms with Crippen molar-refractivity contribution in [2.75, 3.05) is 0 Å². The first kappa shape index (κ1) is 27.7. The molecule has 4 heteroatoms. The van der Waals surface area contributed by atoms with Crippen molar-refractivity contribution in [2.45, 2.75) is 105 Å². The van der Waals surface area contributed by atoms with Crippen LogP contribution in [0.5, 0.6) is 0 Å². The molecule has 1 aliphatic carbocycles. The Hall–Kier alpha value is -2.88. The van der Waals surface area contributed by atoms with Gasteiger partial charge in [-0.2, -0.15) is 0 Å². The van der Waals surface area contributed by atoms with Crippen LogP contribution in [0.1, 0.15) is 109 Å². The highest BCUT2D eigenvalue weighted by atomic mass is 16.5. The van der Waals surface area contributed by atoms with E-state index in [0.717, 1.165) is 111 Å². The first-order valence-electron chi connectivity index (χ1n) is 13.9. The number of hydrogen-bond acceptors (Lipinski definition) is 3. The average molecular weight is 491 g/mol. The van der Waals surface area contributed by atoms with Crippen LogP contribution in [0.15, 0.2) is 68.8 Å². The zero-order valence-electron chi connectivity index (χ0n) is 22.6. The van der Waals surface area contributed by atoms with Crippen LogP contribution in [-0.2, 0) is 22.4 Å². The van der Waals surface area contributed by atoms with Gasteiger partial charge in [0.2, 0.25) is 0 Å². The largest absolute Gasteiger partial charge is 0.871 e. The molecule has 2 aliphatic rings. The van der Waals surface area contributed by atoms with E-state index in [1.54, 1.807) is 12.2 Å². The molecule has 0 unspecified atom stereocenters. The van der Waals surface area contributed by atoms with Crippen molar-refractivity contribution in [1.82, 2.24) is 0 Å². The van der Waals surface area contributed by atoms with E-state index in [1.165, 1.54) is 0 Å². The highest BCUT2D eigenvalue weighted by Crippen LogP contribution is 2.33. The third-order valence-electron chi connectivity index (χ3n) is 6.54. The van der Waals surface area contributed by atoms with Gasteiger partial charge in [0.05, 0.1) is 12.8 Å². The monoisotopic (exact) mass is 490 g/mol. The van der Waals surface area contributed by atoms with Gasteiger partial charge in [0.1, 0.15) is 11.5 Å². The van der Waals surface area contributed by atoms with E-state index in [0.29, 0.717) is 0 Å². The number of carbonyl (C=O) groups excluding carboxylic acids is 1. The number of aryl methyl sites for hydroxylation is 2. The molecule has 0 atom stereocenters. The van der Waals surface area contributed by atoms with E-state index in [9.17, 15) is 9.90 Å². The third kappa shape index (κ3) is 7.56. The summed E-state index contributed by atoms with van der Waals surface area (Å²) in [4.78, 5) is 13.0. The predicted molar refractivity (Wildman–Crippen MR) is 145 cm³/mol. The maximum absolute atomic E-state index is 13.0. The molecule has 0 bridgehead atoms. The molecule has 2 heterocycles. The Morgan fingerprint density at radius 1 is 0.778 bits per heavy atom. The molecule has 36 heavy (non-hydrogen) atoms. The number of unbranched alkanes of at least 4 members (excludes halogenated alkanes) is 4. The molecule has 4 nitrogen and oxygen atoms in total. The van der Waals surface area contributed by atoms with E-state index in [1.807, 2.05) is 24.3 Å². The summed E-state index contributed by atoms with van der Waals surface area (Å²) < 4.78 is 12.1. The Morgan fingerprint density at radius 3 is 1.75 bits per heavy atom. The second kappa shape index (κ2) is 14.0. The minimum atomic E-state index is -0.183. The van der Waals surface area contributed by atoms with Gasteiger partial charge in [0, 0.05) is 36.1 Å². The summed E-state index contributed by atoms with van der Waals surface area (Å²) in [5.41, 5.74) is 2.26. The minimum absolute atomic E-state index is 0.183. The summed E-state index contributed by atoms with van der Waals surface area (Å²) in [5.74, 6) is 3.30. The number of allylic oxidation sites excluding steroid dienone is 8. The highest BCUT2D eigenvalue weighted by molar-refractivity contribution is 6.23. The summed E-state index contributed by atoms with van der Waals surface area (Å²) in [6.45, 7) is 8.63. The van der Waals surface area contributed by atoms with E-state index in [2.05, 4.69) is 27.7 Å². The fourth-order valence-electron chi connectivity index (χ4n) is 4.37. The van der Waals surface area contributed by atoms with Gasteiger partial charge in [-0.3, -0.25) is 4.79 Å². The van der Waals surface area contributed by atoms with Crippen LogP contribution >= 0.6 is 0 Å². The topological polar surface area (TPSA) is 60.7 Å². The number of ether oxygens (including phenoxy) is 1. The summed E-state index contributed by atoms with van der Waals surface area (Å²) in [7, 11) is 0. The quantitative estimate of drug-likeness (QED) is 0.196. The molecule has 0 N–H and O–H groups in total. The van der Waals surface area contributed by atoms with Crippen LogP contribution in [0.3, 0.4) is 0 Å². The Labute approximate surface area is 217 Å². The molecule has 1 aromatic rings. The maximum atomic E-state index is 13.0. The van der Waals surface area contributed by atoms with Gasteiger partial charge in [-0.1, -0.05) is 59.1 Å².